The van der Waals surface area contributed by atoms with E-state index in [1.807, 2.05) is 0 Å². The molecular formula is C9H6Cl2N2OS. The zero-order valence-electron chi connectivity index (χ0n) is 7.39. The van der Waals surface area contributed by atoms with Crippen molar-refractivity contribution in [2.75, 3.05) is 0 Å². The molecule has 0 aliphatic rings. The van der Waals surface area contributed by atoms with Gasteiger partial charge in [0.05, 0.1) is 16.2 Å². The molecule has 78 valence electrons. The molecule has 2 heterocycles. The number of hydrogen-bond acceptors (Lipinski definition) is 4. The van der Waals surface area contributed by atoms with Gasteiger partial charge in [-0.05, 0) is 6.07 Å². The molecule has 0 saturated carbocycles. The molecule has 6 heteroatoms. The number of halogens is 2. The van der Waals surface area contributed by atoms with E-state index < -0.39 is 6.10 Å². The first-order valence-corrected chi connectivity index (χ1v) is 5.64. The SMILES string of the molecule is OC(c1cnccn1)c1cc(Cl)sc1Cl. The minimum atomic E-state index is -0.880. The molecule has 0 aliphatic heterocycles. The van der Waals surface area contributed by atoms with Crippen LogP contribution in [0.25, 0.3) is 0 Å². The first-order chi connectivity index (χ1) is 7.18. The van der Waals surface area contributed by atoms with Gasteiger partial charge in [-0.25, -0.2) is 0 Å². The molecule has 2 rings (SSSR count). The Morgan fingerprint density at radius 3 is 2.67 bits per heavy atom. The van der Waals surface area contributed by atoms with Crippen LogP contribution in [0.5, 0.6) is 0 Å². The summed E-state index contributed by atoms with van der Waals surface area (Å²) >= 11 is 12.9. The standard InChI is InChI=1S/C9H6Cl2N2OS/c10-7-3-5(9(11)15-7)8(14)6-4-12-1-2-13-6/h1-4,8,14H. The summed E-state index contributed by atoms with van der Waals surface area (Å²) in [6, 6.07) is 1.63. The van der Waals surface area contributed by atoms with Crippen LogP contribution in [-0.2, 0) is 0 Å². The zero-order chi connectivity index (χ0) is 10.8. The number of rotatable bonds is 2. The van der Waals surface area contributed by atoms with Crippen LogP contribution in [0, 0.1) is 0 Å². The van der Waals surface area contributed by atoms with E-state index in [4.69, 9.17) is 23.2 Å². The van der Waals surface area contributed by atoms with Crippen LogP contribution in [-0.4, -0.2) is 15.1 Å². The molecule has 1 unspecified atom stereocenters. The fourth-order valence-electron chi connectivity index (χ4n) is 1.15. The van der Waals surface area contributed by atoms with Crippen molar-refractivity contribution in [1.29, 1.82) is 0 Å². The van der Waals surface area contributed by atoms with Crippen LogP contribution in [0.3, 0.4) is 0 Å². The van der Waals surface area contributed by atoms with Crippen molar-refractivity contribution >= 4 is 34.5 Å². The summed E-state index contributed by atoms with van der Waals surface area (Å²) in [4.78, 5) is 7.87. The van der Waals surface area contributed by atoms with Gasteiger partial charge in [-0.1, -0.05) is 23.2 Å². The van der Waals surface area contributed by atoms with E-state index in [-0.39, 0.29) is 0 Å². The van der Waals surface area contributed by atoms with Crippen LogP contribution in [0.4, 0.5) is 0 Å². The molecule has 2 aromatic heterocycles. The Bertz CT molecular complexity index is 460. The lowest BCUT2D eigenvalue weighted by molar-refractivity contribution is 0.215. The monoisotopic (exact) mass is 260 g/mol. The van der Waals surface area contributed by atoms with Crippen molar-refractivity contribution in [2.45, 2.75) is 6.10 Å². The number of aliphatic hydroxyl groups excluding tert-OH is 1. The Morgan fingerprint density at radius 1 is 1.33 bits per heavy atom. The van der Waals surface area contributed by atoms with Gasteiger partial charge in [0, 0.05) is 18.0 Å². The quantitative estimate of drug-likeness (QED) is 0.904. The Balaban J connectivity index is 2.36. The van der Waals surface area contributed by atoms with Crippen molar-refractivity contribution in [3.05, 3.63) is 44.6 Å². The summed E-state index contributed by atoms with van der Waals surface area (Å²) in [6.45, 7) is 0. The highest BCUT2D eigenvalue weighted by Crippen LogP contribution is 2.36. The molecular weight excluding hydrogens is 255 g/mol. The third kappa shape index (κ3) is 2.29. The highest BCUT2D eigenvalue weighted by molar-refractivity contribution is 7.20. The second-order valence-corrected chi connectivity index (χ2v) is 5.10. The molecule has 3 nitrogen and oxygen atoms in total. The second-order valence-electron chi connectivity index (χ2n) is 2.81. The van der Waals surface area contributed by atoms with E-state index in [2.05, 4.69) is 9.97 Å². The van der Waals surface area contributed by atoms with Crippen LogP contribution < -0.4 is 0 Å². The molecule has 0 spiro atoms. The molecule has 0 bridgehead atoms. The minimum absolute atomic E-state index is 0.453. The maximum absolute atomic E-state index is 9.95. The number of thiophene rings is 1. The third-order valence-electron chi connectivity index (χ3n) is 1.84. The van der Waals surface area contributed by atoms with E-state index in [0.717, 1.165) is 0 Å². The van der Waals surface area contributed by atoms with Gasteiger partial charge in [0.2, 0.25) is 0 Å². The highest BCUT2D eigenvalue weighted by atomic mass is 35.5. The van der Waals surface area contributed by atoms with Gasteiger partial charge in [0.1, 0.15) is 10.4 Å². The van der Waals surface area contributed by atoms with Gasteiger partial charge in [0.25, 0.3) is 0 Å². The van der Waals surface area contributed by atoms with Gasteiger partial charge >= 0.3 is 0 Å². The number of hydrogen-bond donors (Lipinski definition) is 1. The average Bonchev–Trinajstić information content (AvgIpc) is 2.58. The summed E-state index contributed by atoms with van der Waals surface area (Å²) in [5, 5.41) is 9.95. The van der Waals surface area contributed by atoms with Crippen LogP contribution in [0.1, 0.15) is 17.4 Å². The van der Waals surface area contributed by atoms with E-state index in [1.165, 1.54) is 23.7 Å². The highest BCUT2D eigenvalue weighted by Gasteiger charge is 2.17. The van der Waals surface area contributed by atoms with Gasteiger partial charge in [0.15, 0.2) is 0 Å². The van der Waals surface area contributed by atoms with Crippen molar-refractivity contribution in [3.63, 3.8) is 0 Å². The molecule has 0 amide bonds. The summed E-state index contributed by atoms with van der Waals surface area (Å²) in [5.74, 6) is 0. The molecule has 2 aromatic rings. The molecule has 1 N–H and O–H groups in total. The van der Waals surface area contributed by atoms with Gasteiger partial charge < -0.3 is 5.11 Å². The van der Waals surface area contributed by atoms with Crippen LogP contribution in [0.2, 0.25) is 8.67 Å². The lowest BCUT2D eigenvalue weighted by atomic mass is 10.1. The first-order valence-electron chi connectivity index (χ1n) is 4.07. The molecule has 0 radical (unpaired) electrons. The summed E-state index contributed by atoms with van der Waals surface area (Å²) < 4.78 is 1.01. The van der Waals surface area contributed by atoms with E-state index in [1.54, 1.807) is 12.3 Å². The van der Waals surface area contributed by atoms with Gasteiger partial charge in [-0.15, -0.1) is 11.3 Å². The predicted octanol–water partition coefficient (Wildman–Crippen LogP) is 2.93. The van der Waals surface area contributed by atoms with Crippen molar-refractivity contribution in [2.24, 2.45) is 0 Å². The third-order valence-corrected chi connectivity index (χ3v) is 3.36. The smallest absolute Gasteiger partial charge is 0.125 e. The molecule has 0 fully saturated rings. The normalized spacial score (nSPS) is 12.7. The zero-order valence-corrected chi connectivity index (χ0v) is 9.72. The topological polar surface area (TPSA) is 46.0 Å². The summed E-state index contributed by atoms with van der Waals surface area (Å²) in [5.41, 5.74) is 1.01. The number of nitrogens with zero attached hydrogens (tertiary/aromatic N) is 2. The maximum Gasteiger partial charge on any atom is 0.125 e. The maximum atomic E-state index is 9.95. The molecule has 15 heavy (non-hydrogen) atoms. The van der Waals surface area contributed by atoms with Crippen LogP contribution in [0.15, 0.2) is 24.7 Å². The largest absolute Gasteiger partial charge is 0.382 e. The Morgan fingerprint density at radius 2 is 2.13 bits per heavy atom. The van der Waals surface area contributed by atoms with Crippen LogP contribution >= 0.6 is 34.5 Å². The summed E-state index contributed by atoms with van der Waals surface area (Å²) in [7, 11) is 0. The molecule has 1 atom stereocenters. The van der Waals surface area contributed by atoms with E-state index >= 15 is 0 Å². The molecule has 0 saturated heterocycles. The van der Waals surface area contributed by atoms with E-state index in [9.17, 15) is 5.11 Å². The fraction of sp³-hybridized carbons (Fsp3) is 0.111. The predicted molar refractivity (Wildman–Crippen MR) is 60.4 cm³/mol. The van der Waals surface area contributed by atoms with Crippen molar-refractivity contribution < 1.29 is 5.11 Å². The number of aromatic nitrogens is 2. The summed E-state index contributed by atoms with van der Waals surface area (Å²) in [6.07, 6.45) is 3.67. The first kappa shape index (κ1) is 10.8. The Kier molecular flexibility index (Phi) is 3.21. The van der Waals surface area contributed by atoms with Crippen molar-refractivity contribution in [1.82, 2.24) is 9.97 Å². The van der Waals surface area contributed by atoms with Crippen molar-refractivity contribution in [3.8, 4) is 0 Å². The molecule has 0 aliphatic carbocycles. The van der Waals surface area contributed by atoms with Gasteiger partial charge in [-0.2, -0.15) is 0 Å². The lowest BCUT2D eigenvalue weighted by Crippen LogP contribution is -2.01. The second kappa shape index (κ2) is 4.45. The number of aliphatic hydroxyl groups is 1. The van der Waals surface area contributed by atoms with E-state index in [0.29, 0.717) is 19.9 Å². The Labute approximate surface area is 100 Å². The minimum Gasteiger partial charge on any atom is -0.382 e. The molecule has 0 aromatic carbocycles. The average molecular weight is 261 g/mol. The fourth-order valence-corrected chi connectivity index (χ4v) is 2.67. The van der Waals surface area contributed by atoms with Gasteiger partial charge in [-0.3, -0.25) is 9.97 Å². The lowest BCUT2D eigenvalue weighted by Gasteiger charge is -2.07. The Hall–Kier alpha value is -0.680.